The standard InChI is InChI=1S/C7H9NO.C2H4/c1-6-3-4-8(2)7(9)5-6;1-2/h3-5H,1-2H3;1-2H2. The van der Waals surface area contributed by atoms with Crippen molar-refractivity contribution < 1.29 is 0 Å². The topological polar surface area (TPSA) is 22.0 Å². The Kier molecular flexibility index (Phi) is 3.96. The van der Waals surface area contributed by atoms with Crippen molar-refractivity contribution in [2.45, 2.75) is 6.92 Å². The molecule has 60 valence electrons. The summed E-state index contributed by atoms with van der Waals surface area (Å²) in [6, 6.07) is 3.52. The molecule has 2 nitrogen and oxygen atoms in total. The number of aromatic nitrogens is 1. The van der Waals surface area contributed by atoms with E-state index in [-0.39, 0.29) is 5.56 Å². The van der Waals surface area contributed by atoms with Crippen molar-refractivity contribution in [2.24, 2.45) is 7.05 Å². The van der Waals surface area contributed by atoms with Crippen LogP contribution in [0.5, 0.6) is 0 Å². The largest absolute Gasteiger partial charge is 0.319 e. The van der Waals surface area contributed by atoms with E-state index in [1.54, 1.807) is 23.9 Å². The molecular weight excluding hydrogens is 138 g/mol. The zero-order chi connectivity index (χ0) is 8.85. The SMILES string of the molecule is C=C.Cc1ccn(C)c(=O)c1. The van der Waals surface area contributed by atoms with E-state index < -0.39 is 0 Å². The zero-order valence-electron chi connectivity index (χ0n) is 7.00. The molecule has 1 aromatic heterocycles. The van der Waals surface area contributed by atoms with Crippen LogP contribution >= 0.6 is 0 Å². The van der Waals surface area contributed by atoms with Crippen molar-refractivity contribution in [2.75, 3.05) is 0 Å². The second kappa shape index (κ2) is 4.50. The third-order valence-corrected chi connectivity index (χ3v) is 1.26. The maximum Gasteiger partial charge on any atom is 0.250 e. The van der Waals surface area contributed by atoms with Crippen LogP contribution in [0.4, 0.5) is 0 Å². The lowest BCUT2D eigenvalue weighted by atomic mass is 10.3. The second-order valence-electron chi connectivity index (χ2n) is 2.15. The lowest BCUT2D eigenvalue weighted by Gasteiger charge is -1.94. The van der Waals surface area contributed by atoms with E-state index >= 15 is 0 Å². The molecule has 0 fully saturated rings. The van der Waals surface area contributed by atoms with Crippen LogP contribution in [-0.4, -0.2) is 4.57 Å². The normalized spacial score (nSPS) is 8.18. The summed E-state index contributed by atoms with van der Waals surface area (Å²) in [7, 11) is 1.74. The summed E-state index contributed by atoms with van der Waals surface area (Å²) in [5.41, 5.74) is 1.06. The Morgan fingerprint density at radius 1 is 1.45 bits per heavy atom. The molecule has 0 saturated heterocycles. The Bertz CT molecular complexity index is 275. The van der Waals surface area contributed by atoms with Crippen molar-refractivity contribution in [3.05, 3.63) is 47.4 Å². The average molecular weight is 151 g/mol. The molecule has 0 spiro atoms. The third-order valence-electron chi connectivity index (χ3n) is 1.26. The molecule has 0 atom stereocenters. The van der Waals surface area contributed by atoms with E-state index in [0.29, 0.717) is 0 Å². The highest BCUT2D eigenvalue weighted by Crippen LogP contribution is 1.87. The van der Waals surface area contributed by atoms with Gasteiger partial charge in [-0.25, -0.2) is 0 Å². The van der Waals surface area contributed by atoms with Crippen molar-refractivity contribution in [1.82, 2.24) is 4.57 Å². The highest BCUT2D eigenvalue weighted by Gasteiger charge is 1.86. The first-order chi connectivity index (χ1) is 5.20. The van der Waals surface area contributed by atoms with Crippen molar-refractivity contribution >= 4 is 0 Å². The van der Waals surface area contributed by atoms with E-state index in [2.05, 4.69) is 13.2 Å². The first kappa shape index (κ1) is 9.69. The first-order valence-electron chi connectivity index (χ1n) is 3.33. The monoisotopic (exact) mass is 151 g/mol. The Balaban J connectivity index is 0.000000461. The Morgan fingerprint density at radius 3 is 2.36 bits per heavy atom. The van der Waals surface area contributed by atoms with Crippen molar-refractivity contribution in [3.63, 3.8) is 0 Å². The number of hydrogen-bond acceptors (Lipinski definition) is 1. The van der Waals surface area contributed by atoms with Gasteiger partial charge in [0, 0.05) is 19.3 Å². The molecule has 0 aliphatic heterocycles. The quantitative estimate of drug-likeness (QED) is 0.515. The molecule has 0 amide bonds. The first-order valence-corrected chi connectivity index (χ1v) is 3.33. The molecule has 0 saturated carbocycles. The molecule has 0 unspecified atom stereocenters. The molecule has 0 aliphatic rings. The van der Waals surface area contributed by atoms with Gasteiger partial charge in [-0.1, -0.05) is 0 Å². The molecular formula is C9H13NO. The summed E-state index contributed by atoms with van der Waals surface area (Å²) >= 11 is 0. The fourth-order valence-corrected chi connectivity index (χ4v) is 0.648. The summed E-state index contributed by atoms with van der Waals surface area (Å²) in [5, 5.41) is 0. The molecule has 0 bridgehead atoms. The molecule has 0 aromatic carbocycles. The predicted molar refractivity (Wildman–Crippen MR) is 47.7 cm³/mol. The van der Waals surface area contributed by atoms with Crippen LogP contribution < -0.4 is 5.56 Å². The van der Waals surface area contributed by atoms with Gasteiger partial charge in [0.15, 0.2) is 0 Å². The van der Waals surface area contributed by atoms with Gasteiger partial charge >= 0.3 is 0 Å². The van der Waals surface area contributed by atoms with Crippen molar-refractivity contribution in [3.8, 4) is 0 Å². The highest BCUT2D eigenvalue weighted by atomic mass is 16.1. The number of aryl methyl sites for hydroxylation is 2. The van der Waals surface area contributed by atoms with Gasteiger partial charge < -0.3 is 4.57 Å². The van der Waals surface area contributed by atoms with E-state index in [9.17, 15) is 4.79 Å². The summed E-state index contributed by atoms with van der Waals surface area (Å²) in [6.07, 6.45) is 1.76. The summed E-state index contributed by atoms with van der Waals surface area (Å²) < 4.78 is 1.55. The molecule has 11 heavy (non-hydrogen) atoms. The zero-order valence-corrected chi connectivity index (χ0v) is 7.00. The predicted octanol–water partition coefficient (Wildman–Crippen LogP) is 1.50. The second-order valence-corrected chi connectivity index (χ2v) is 2.15. The van der Waals surface area contributed by atoms with Crippen LogP contribution in [0.25, 0.3) is 0 Å². The minimum atomic E-state index is 0.0509. The number of hydrogen-bond donors (Lipinski definition) is 0. The van der Waals surface area contributed by atoms with Gasteiger partial charge in [0.25, 0.3) is 5.56 Å². The lowest BCUT2D eigenvalue weighted by Crippen LogP contribution is -2.13. The number of nitrogens with zero attached hydrogens (tertiary/aromatic N) is 1. The van der Waals surface area contributed by atoms with Gasteiger partial charge in [-0.05, 0) is 18.6 Å². The summed E-state index contributed by atoms with van der Waals surface area (Å²) in [4.78, 5) is 10.8. The minimum Gasteiger partial charge on any atom is -0.319 e. The smallest absolute Gasteiger partial charge is 0.250 e. The van der Waals surface area contributed by atoms with Crippen LogP contribution in [0.15, 0.2) is 36.3 Å². The van der Waals surface area contributed by atoms with Crippen LogP contribution in [0.2, 0.25) is 0 Å². The maximum absolute atomic E-state index is 10.8. The minimum absolute atomic E-state index is 0.0509. The van der Waals surface area contributed by atoms with Crippen LogP contribution in [0.1, 0.15) is 5.56 Å². The third kappa shape index (κ3) is 2.85. The van der Waals surface area contributed by atoms with E-state index in [1.807, 2.05) is 13.0 Å². The molecule has 0 radical (unpaired) electrons. The van der Waals surface area contributed by atoms with Crippen LogP contribution in [-0.2, 0) is 7.05 Å². The maximum atomic E-state index is 10.8. The van der Waals surface area contributed by atoms with E-state index in [0.717, 1.165) is 5.56 Å². The molecule has 0 aliphatic carbocycles. The fourth-order valence-electron chi connectivity index (χ4n) is 0.648. The average Bonchev–Trinajstić information content (AvgIpc) is 2.02. The van der Waals surface area contributed by atoms with Gasteiger partial charge in [0.1, 0.15) is 0 Å². The Labute approximate surface area is 66.8 Å². The van der Waals surface area contributed by atoms with E-state index in [1.165, 1.54) is 0 Å². The molecule has 2 heteroatoms. The molecule has 1 rings (SSSR count). The Morgan fingerprint density at radius 2 is 2.00 bits per heavy atom. The van der Waals surface area contributed by atoms with Crippen LogP contribution in [0, 0.1) is 6.92 Å². The summed E-state index contributed by atoms with van der Waals surface area (Å²) in [5.74, 6) is 0. The van der Waals surface area contributed by atoms with E-state index in [4.69, 9.17) is 0 Å². The van der Waals surface area contributed by atoms with Gasteiger partial charge in [0.2, 0.25) is 0 Å². The fraction of sp³-hybridized carbons (Fsp3) is 0.222. The van der Waals surface area contributed by atoms with Gasteiger partial charge in [-0.15, -0.1) is 13.2 Å². The number of rotatable bonds is 0. The molecule has 1 heterocycles. The summed E-state index contributed by atoms with van der Waals surface area (Å²) in [6.45, 7) is 7.90. The Hall–Kier alpha value is -1.31. The number of pyridine rings is 1. The molecule has 0 N–H and O–H groups in total. The van der Waals surface area contributed by atoms with Gasteiger partial charge in [0.05, 0.1) is 0 Å². The van der Waals surface area contributed by atoms with Crippen LogP contribution in [0.3, 0.4) is 0 Å². The van der Waals surface area contributed by atoms with Gasteiger partial charge in [-0.2, -0.15) is 0 Å². The van der Waals surface area contributed by atoms with Crippen molar-refractivity contribution in [1.29, 1.82) is 0 Å². The lowest BCUT2D eigenvalue weighted by molar-refractivity contribution is 0.856. The van der Waals surface area contributed by atoms with Gasteiger partial charge in [-0.3, -0.25) is 4.79 Å². The highest BCUT2D eigenvalue weighted by molar-refractivity contribution is 5.07. The molecule has 1 aromatic rings.